The van der Waals surface area contributed by atoms with Crippen LogP contribution < -0.4 is 11.2 Å². The Morgan fingerprint density at radius 1 is 1.37 bits per heavy atom. The number of imidazole rings is 1. The fourth-order valence-corrected chi connectivity index (χ4v) is 1.92. The molecule has 0 aliphatic rings. The van der Waals surface area contributed by atoms with Crippen molar-refractivity contribution >= 4 is 11.2 Å². The summed E-state index contributed by atoms with van der Waals surface area (Å²) in [6.07, 6.45) is 2.11. The van der Waals surface area contributed by atoms with Crippen molar-refractivity contribution in [2.45, 2.75) is 13.0 Å². The molecule has 0 aromatic carbocycles. The molecule has 0 saturated heterocycles. The first-order valence-electron chi connectivity index (χ1n) is 5.69. The maximum Gasteiger partial charge on any atom is 0.332 e. The van der Waals surface area contributed by atoms with Crippen LogP contribution >= 0.6 is 0 Å². The summed E-state index contributed by atoms with van der Waals surface area (Å²) in [5.41, 5.74) is 8.15. The van der Waals surface area contributed by atoms with Crippen LogP contribution in [0.4, 0.5) is 0 Å². The van der Waals surface area contributed by atoms with Gasteiger partial charge in [-0.3, -0.25) is 13.9 Å². The van der Waals surface area contributed by atoms with E-state index in [1.165, 1.54) is 17.9 Å². The molecule has 2 rings (SSSR count). The molecule has 2 heterocycles. The molecule has 0 radical (unpaired) electrons. The van der Waals surface area contributed by atoms with E-state index in [0.717, 1.165) is 4.57 Å². The maximum atomic E-state index is 12.1. The number of aryl methyl sites for hydroxylation is 2. The third-order valence-corrected chi connectivity index (χ3v) is 2.94. The largest absolute Gasteiger partial charge is 0.332 e. The molecule has 2 aromatic rings. The molecule has 0 unspecified atom stereocenters. The monoisotopic (exact) mass is 263 g/mol. The molecule has 100 valence electrons. The van der Waals surface area contributed by atoms with Crippen molar-refractivity contribution < 1.29 is 0 Å². The van der Waals surface area contributed by atoms with Crippen molar-refractivity contribution in [1.82, 2.24) is 18.7 Å². The highest BCUT2D eigenvalue weighted by Crippen LogP contribution is 2.06. The Kier molecular flexibility index (Phi) is 3.39. The lowest BCUT2D eigenvalue weighted by Gasteiger charge is -2.05. The third kappa shape index (κ3) is 2.11. The van der Waals surface area contributed by atoms with Crippen molar-refractivity contribution in [2.24, 2.45) is 19.2 Å². The van der Waals surface area contributed by atoms with Gasteiger partial charge < -0.3 is 4.57 Å². The predicted molar refractivity (Wildman–Crippen MR) is 68.8 cm³/mol. The topological polar surface area (TPSA) is 111 Å². The van der Waals surface area contributed by atoms with Gasteiger partial charge in [0.1, 0.15) is 0 Å². The molecule has 0 aliphatic heterocycles. The van der Waals surface area contributed by atoms with Crippen LogP contribution in [0.5, 0.6) is 0 Å². The Hall–Kier alpha value is -2.54. The fraction of sp³-hybridized carbons (Fsp3) is 0.500. The van der Waals surface area contributed by atoms with Crippen molar-refractivity contribution in [3.8, 4) is 0 Å². The smallest absolute Gasteiger partial charge is 0.325 e. The van der Waals surface area contributed by atoms with Gasteiger partial charge in [-0.15, -0.1) is 0 Å². The summed E-state index contributed by atoms with van der Waals surface area (Å²) in [6, 6.07) is 0. The van der Waals surface area contributed by atoms with E-state index in [-0.39, 0.29) is 5.56 Å². The van der Waals surface area contributed by atoms with Gasteiger partial charge in [0.15, 0.2) is 11.2 Å². The van der Waals surface area contributed by atoms with Crippen LogP contribution in [0, 0.1) is 0 Å². The average molecular weight is 263 g/mol. The zero-order valence-electron chi connectivity index (χ0n) is 10.6. The molecule has 9 heteroatoms. The molecule has 0 N–H and O–H groups in total. The van der Waals surface area contributed by atoms with Gasteiger partial charge in [0.05, 0.1) is 6.33 Å². The molecule has 0 spiro atoms. The molecular formula is C10H13N7O2. The van der Waals surface area contributed by atoms with Crippen molar-refractivity contribution in [2.75, 3.05) is 6.54 Å². The molecule has 0 bridgehead atoms. The second-order valence-electron chi connectivity index (χ2n) is 4.12. The number of azide groups is 1. The summed E-state index contributed by atoms with van der Waals surface area (Å²) in [5.74, 6) is 0. The van der Waals surface area contributed by atoms with Gasteiger partial charge in [0.25, 0.3) is 5.56 Å². The molecule has 9 nitrogen and oxygen atoms in total. The average Bonchev–Trinajstić information content (AvgIpc) is 2.83. The van der Waals surface area contributed by atoms with E-state index in [1.54, 1.807) is 11.6 Å². The van der Waals surface area contributed by atoms with Gasteiger partial charge in [-0.2, -0.15) is 0 Å². The Labute approximate surface area is 107 Å². The number of hydrogen-bond acceptors (Lipinski definition) is 4. The molecule has 2 aromatic heterocycles. The first kappa shape index (κ1) is 12.9. The van der Waals surface area contributed by atoms with Crippen molar-refractivity contribution in [1.29, 1.82) is 0 Å². The Morgan fingerprint density at radius 3 is 2.79 bits per heavy atom. The minimum atomic E-state index is -0.406. The summed E-state index contributed by atoms with van der Waals surface area (Å²) in [7, 11) is 3.00. The number of nitrogens with zero attached hydrogens (tertiary/aromatic N) is 7. The SMILES string of the molecule is Cn1c(=O)c2c(ncn2CCCN=[N+]=[N-])n(C)c1=O. The third-order valence-electron chi connectivity index (χ3n) is 2.94. The number of aromatic nitrogens is 4. The molecule has 0 aliphatic carbocycles. The van der Waals surface area contributed by atoms with E-state index in [9.17, 15) is 9.59 Å². The van der Waals surface area contributed by atoms with Crippen LogP contribution in [0.3, 0.4) is 0 Å². The molecular weight excluding hydrogens is 250 g/mol. The fourth-order valence-electron chi connectivity index (χ4n) is 1.92. The van der Waals surface area contributed by atoms with E-state index >= 15 is 0 Å². The summed E-state index contributed by atoms with van der Waals surface area (Å²) < 4.78 is 4.05. The zero-order valence-corrected chi connectivity index (χ0v) is 10.6. The maximum absolute atomic E-state index is 12.1. The van der Waals surface area contributed by atoms with E-state index < -0.39 is 5.69 Å². The quantitative estimate of drug-likeness (QED) is 0.338. The second kappa shape index (κ2) is 4.99. The first-order chi connectivity index (χ1) is 9.07. The molecule has 19 heavy (non-hydrogen) atoms. The van der Waals surface area contributed by atoms with Gasteiger partial charge in [0, 0.05) is 32.1 Å². The highest BCUT2D eigenvalue weighted by molar-refractivity contribution is 5.69. The van der Waals surface area contributed by atoms with Crippen LogP contribution in [-0.2, 0) is 20.6 Å². The highest BCUT2D eigenvalue weighted by atomic mass is 16.2. The van der Waals surface area contributed by atoms with Crippen LogP contribution in [0.25, 0.3) is 21.6 Å². The van der Waals surface area contributed by atoms with Crippen molar-refractivity contribution in [3.63, 3.8) is 0 Å². The number of rotatable bonds is 4. The van der Waals surface area contributed by atoms with Gasteiger partial charge in [-0.1, -0.05) is 5.11 Å². The highest BCUT2D eigenvalue weighted by Gasteiger charge is 2.13. The van der Waals surface area contributed by atoms with Crippen molar-refractivity contribution in [3.05, 3.63) is 37.6 Å². The Balaban J connectivity index is 2.51. The molecule has 0 amide bonds. The first-order valence-corrected chi connectivity index (χ1v) is 5.69. The van der Waals surface area contributed by atoms with Gasteiger partial charge in [-0.05, 0) is 12.0 Å². The van der Waals surface area contributed by atoms with E-state index in [4.69, 9.17) is 5.53 Å². The minimum absolute atomic E-state index is 0.349. The normalized spacial score (nSPS) is 10.6. The van der Waals surface area contributed by atoms with Crippen LogP contribution in [0.15, 0.2) is 21.0 Å². The van der Waals surface area contributed by atoms with E-state index in [1.807, 2.05) is 0 Å². The Morgan fingerprint density at radius 2 is 2.11 bits per heavy atom. The zero-order chi connectivity index (χ0) is 14.0. The van der Waals surface area contributed by atoms with Gasteiger partial charge in [0.2, 0.25) is 0 Å². The predicted octanol–water partition coefficient (Wildman–Crippen LogP) is 0.134. The molecule has 0 fully saturated rings. The van der Waals surface area contributed by atoms with Gasteiger partial charge >= 0.3 is 5.69 Å². The summed E-state index contributed by atoms with van der Waals surface area (Å²) >= 11 is 0. The summed E-state index contributed by atoms with van der Waals surface area (Å²) in [4.78, 5) is 30.6. The molecule has 0 saturated carbocycles. The van der Waals surface area contributed by atoms with Crippen LogP contribution in [0.1, 0.15) is 6.42 Å². The van der Waals surface area contributed by atoms with Gasteiger partial charge in [-0.25, -0.2) is 9.78 Å². The lowest BCUT2D eigenvalue weighted by atomic mass is 10.4. The number of hydrogen-bond donors (Lipinski definition) is 0. The van der Waals surface area contributed by atoms with E-state index in [2.05, 4.69) is 15.0 Å². The summed E-state index contributed by atoms with van der Waals surface area (Å²) in [5, 5.41) is 3.43. The molecule has 0 atom stereocenters. The number of fused-ring (bicyclic) bond motifs is 1. The van der Waals surface area contributed by atoms with Crippen LogP contribution in [-0.4, -0.2) is 25.2 Å². The van der Waals surface area contributed by atoms with Crippen LogP contribution in [0.2, 0.25) is 0 Å². The Bertz CT molecular complexity index is 775. The minimum Gasteiger partial charge on any atom is -0.325 e. The lowest BCUT2D eigenvalue weighted by molar-refractivity contribution is 0.653. The lowest BCUT2D eigenvalue weighted by Crippen LogP contribution is -2.37. The van der Waals surface area contributed by atoms with E-state index in [0.29, 0.717) is 30.7 Å². The summed E-state index contributed by atoms with van der Waals surface area (Å²) in [6.45, 7) is 0.852. The second-order valence-corrected chi connectivity index (χ2v) is 4.12. The standard InChI is InChI=1S/C10H13N7O2/c1-15-8-7(9(18)16(2)10(15)19)17(6-12-8)5-3-4-13-14-11/h6H,3-5H2,1-2H3.